The van der Waals surface area contributed by atoms with Crippen molar-refractivity contribution in [3.05, 3.63) is 29.8 Å². The van der Waals surface area contributed by atoms with Crippen molar-refractivity contribution < 1.29 is 19.8 Å². The minimum absolute atomic E-state index is 0.193. The summed E-state index contributed by atoms with van der Waals surface area (Å²) in [6.45, 7) is 0. The fourth-order valence-electron chi connectivity index (χ4n) is 1.17. The van der Waals surface area contributed by atoms with Gasteiger partial charge in [0.1, 0.15) is 0 Å². The molecule has 1 rings (SSSR count). The SMILES string of the molecule is CN(C(N)=O)c1cccc(C(O)C(=O)O)c1. The van der Waals surface area contributed by atoms with Crippen LogP contribution in [0, 0.1) is 0 Å². The predicted octanol–water partition coefficient (Wildman–Crippen LogP) is 0.319. The molecule has 0 spiro atoms. The molecule has 0 saturated heterocycles. The largest absolute Gasteiger partial charge is 0.479 e. The Morgan fingerprint density at radius 1 is 1.44 bits per heavy atom. The van der Waals surface area contributed by atoms with Crippen LogP contribution in [0.4, 0.5) is 10.5 Å². The van der Waals surface area contributed by atoms with Crippen LogP contribution in [0.25, 0.3) is 0 Å². The van der Waals surface area contributed by atoms with E-state index >= 15 is 0 Å². The van der Waals surface area contributed by atoms with Crippen LogP contribution >= 0.6 is 0 Å². The molecule has 6 nitrogen and oxygen atoms in total. The number of carboxylic acids is 1. The van der Waals surface area contributed by atoms with Crippen LogP contribution in [0.2, 0.25) is 0 Å². The van der Waals surface area contributed by atoms with Gasteiger partial charge in [-0.1, -0.05) is 12.1 Å². The van der Waals surface area contributed by atoms with Crippen LogP contribution < -0.4 is 10.6 Å². The molecule has 1 atom stereocenters. The fourth-order valence-corrected chi connectivity index (χ4v) is 1.17. The number of benzene rings is 1. The minimum atomic E-state index is -1.61. The van der Waals surface area contributed by atoms with Crippen LogP contribution in [0.15, 0.2) is 24.3 Å². The number of urea groups is 1. The predicted molar refractivity (Wildman–Crippen MR) is 57.0 cm³/mol. The molecule has 0 aliphatic rings. The Balaban J connectivity index is 3.04. The van der Waals surface area contributed by atoms with Crippen molar-refractivity contribution in [2.45, 2.75) is 6.10 Å². The van der Waals surface area contributed by atoms with Gasteiger partial charge in [-0.25, -0.2) is 9.59 Å². The second kappa shape index (κ2) is 4.63. The molecular formula is C10H12N2O4. The van der Waals surface area contributed by atoms with E-state index in [1.807, 2.05) is 0 Å². The van der Waals surface area contributed by atoms with E-state index in [1.165, 1.54) is 25.2 Å². The molecule has 0 aliphatic carbocycles. The lowest BCUT2D eigenvalue weighted by Gasteiger charge is -2.16. The van der Waals surface area contributed by atoms with E-state index in [2.05, 4.69) is 0 Å². The Morgan fingerprint density at radius 3 is 2.56 bits per heavy atom. The number of rotatable bonds is 3. The normalized spacial score (nSPS) is 11.9. The number of aliphatic carboxylic acids is 1. The summed E-state index contributed by atoms with van der Waals surface area (Å²) in [5, 5.41) is 17.9. The fraction of sp³-hybridized carbons (Fsp3) is 0.200. The third-order valence-electron chi connectivity index (χ3n) is 2.14. The van der Waals surface area contributed by atoms with Crippen LogP contribution in [0.3, 0.4) is 0 Å². The molecule has 0 heterocycles. The average Bonchev–Trinajstić information content (AvgIpc) is 2.26. The lowest BCUT2D eigenvalue weighted by Crippen LogP contribution is -2.31. The molecule has 86 valence electrons. The molecule has 4 N–H and O–H groups in total. The summed E-state index contributed by atoms with van der Waals surface area (Å²) in [4.78, 5) is 22.6. The highest BCUT2D eigenvalue weighted by Gasteiger charge is 2.17. The van der Waals surface area contributed by atoms with Crippen LogP contribution in [-0.2, 0) is 4.79 Å². The molecule has 1 aromatic rings. The number of carbonyl (C=O) groups is 2. The maximum Gasteiger partial charge on any atom is 0.337 e. The first-order valence-electron chi connectivity index (χ1n) is 4.47. The number of aliphatic hydroxyl groups is 1. The van der Waals surface area contributed by atoms with Gasteiger partial charge in [-0.05, 0) is 17.7 Å². The Bertz CT molecular complexity index is 384. The zero-order valence-electron chi connectivity index (χ0n) is 8.62. The molecule has 0 fully saturated rings. The van der Waals surface area contributed by atoms with E-state index < -0.39 is 18.1 Å². The van der Waals surface area contributed by atoms with Crippen molar-refractivity contribution in [2.75, 3.05) is 11.9 Å². The number of aliphatic hydroxyl groups excluding tert-OH is 1. The molecule has 16 heavy (non-hydrogen) atoms. The number of carbonyl (C=O) groups excluding carboxylic acids is 1. The molecule has 0 radical (unpaired) electrons. The Labute approximate surface area is 91.9 Å². The van der Waals surface area contributed by atoms with Gasteiger partial charge in [0.05, 0.1) is 0 Å². The smallest absolute Gasteiger partial charge is 0.337 e. The maximum absolute atomic E-state index is 10.9. The first kappa shape index (κ1) is 12.0. The van der Waals surface area contributed by atoms with Crippen molar-refractivity contribution in [1.29, 1.82) is 0 Å². The van der Waals surface area contributed by atoms with E-state index in [-0.39, 0.29) is 5.56 Å². The number of amides is 2. The number of carboxylic acid groups (broad SMARTS) is 1. The summed E-state index contributed by atoms with van der Waals surface area (Å²) in [6, 6.07) is 5.31. The van der Waals surface area contributed by atoms with Gasteiger partial charge in [-0.2, -0.15) is 0 Å². The van der Waals surface area contributed by atoms with Gasteiger partial charge < -0.3 is 15.9 Å². The summed E-state index contributed by atoms with van der Waals surface area (Å²) in [5.41, 5.74) is 5.68. The molecular weight excluding hydrogens is 212 g/mol. The molecule has 1 aromatic carbocycles. The Hall–Kier alpha value is -2.08. The highest BCUT2D eigenvalue weighted by atomic mass is 16.4. The van der Waals surface area contributed by atoms with Crippen LogP contribution in [0.1, 0.15) is 11.7 Å². The lowest BCUT2D eigenvalue weighted by molar-refractivity contribution is -0.146. The van der Waals surface area contributed by atoms with E-state index in [4.69, 9.17) is 10.8 Å². The Morgan fingerprint density at radius 2 is 2.06 bits per heavy atom. The molecule has 0 saturated carbocycles. The van der Waals surface area contributed by atoms with E-state index in [0.29, 0.717) is 5.69 Å². The number of nitrogens with two attached hydrogens (primary N) is 1. The van der Waals surface area contributed by atoms with Crippen molar-refractivity contribution in [3.63, 3.8) is 0 Å². The van der Waals surface area contributed by atoms with Crippen molar-refractivity contribution in [1.82, 2.24) is 0 Å². The van der Waals surface area contributed by atoms with Crippen molar-refractivity contribution in [2.24, 2.45) is 5.73 Å². The first-order chi connectivity index (χ1) is 7.43. The summed E-state index contributed by atoms with van der Waals surface area (Å²) in [7, 11) is 1.45. The van der Waals surface area contributed by atoms with Gasteiger partial charge in [0.25, 0.3) is 0 Å². The van der Waals surface area contributed by atoms with Gasteiger partial charge in [0.15, 0.2) is 6.10 Å². The highest BCUT2D eigenvalue weighted by Crippen LogP contribution is 2.20. The molecule has 1 unspecified atom stereocenters. The standard InChI is InChI=1S/C10H12N2O4/c1-12(10(11)16)7-4-2-3-6(5-7)8(13)9(14)15/h2-5,8,13H,1H3,(H2,11,16)(H,14,15). The number of primary amides is 1. The summed E-state index contributed by atoms with van der Waals surface area (Å²) in [5.74, 6) is -1.35. The minimum Gasteiger partial charge on any atom is -0.479 e. The second-order valence-corrected chi connectivity index (χ2v) is 3.23. The zero-order chi connectivity index (χ0) is 12.3. The van der Waals surface area contributed by atoms with Gasteiger partial charge in [-0.3, -0.25) is 4.90 Å². The van der Waals surface area contributed by atoms with Crippen molar-refractivity contribution in [3.8, 4) is 0 Å². The molecule has 0 bridgehead atoms. The summed E-state index contributed by atoms with van der Waals surface area (Å²) < 4.78 is 0. The average molecular weight is 224 g/mol. The third kappa shape index (κ3) is 2.48. The first-order valence-corrected chi connectivity index (χ1v) is 4.47. The van der Waals surface area contributed by atoms with Crippen molar-refractivity contribution >= 4 is 17.7 Å². The van der Waals surface area contributed by atoms with Crippen LogP contribution in [-0.4, -0.2) is 29.3 Å². The lowest BCUT2D eigenvalue weighted by atomic mass is 10.1. The van der Waals surface area contributed by atoms with Gasteiger partial charge in [0.2, 0.25) is 0 Å². The molecule has 6 heteroatoms. The van der Waals surface area contributed by atoms with E-state index in [9.17, 15) is 14.7 Å². The molecule has 0 aliphatic heterocycles. The molecule has 2 amide bonds. The quantitative estimate of drug-likeness (QED) is 0.687. The second-order valence-electron chi connectivity index (χ2n) is 3.23. The molecule has 0 aromatic heterocycles. The van der Waals surface area contributed by atoms with Gasteiger partial charge in [0, 0.05) is 12.7 Å². The van der Waals surface area contributed by atoms with E-state index in [1.54, 1.807) is 6.07 Å². The third-order valence-corrected chi connectivity index (χ3v) is 2.14. The maximum atomic E-state index is 10.9. The summed E-state index contributed by atoms with van der Waals surface area (Å²) >= 11 is 0. The number of anilines is 1. The van der Waals surface area contributed by atoms with Gasteiger partial charge in [-0.15, -0.1) is 0 Å². The highest BCUT2D eigenvalue weighted by molar-refractivity contribution is 5.90. The Kier molecular flexibility index (Phi) is 3.47. The number of hydrogen-bond acceptors (Lipinski definition) is 3. The topological polar surface area (TPSA) is 104 Å². The van der Waals surface area contributed by atoms with Gasteiger partial charge >= 0.3 is 12.0 Å². The van der Waals surface area contributed by atoms with E-state index in [0.717, 1.165) is 4.90 Å². The number of nitrogens with zero attached hydrogens (tertiary/aromatic N) is 1. The number of hydrogen-bond donors (Lipinski definition) is 3. The summed E-state index contributed by atoms with van der Waals surface area (Å²) in [6.07, 6.45) is -1.61. The monoisotopic (exact) mass is 224 g/mol. The zero-order valence-corrected chi connectivity index (χ0v) is 8.62. The van der Waals surface area contributed by atoms with Crippen LogP contribution in [0.5, 0.6) is 0 Å².